The van der Waals surface area contributed by atoms with E-state index < -0.39 is 0 Å². The van der Waals surface area contributed by atoms with Crippen LogP contribution in [0.4, 0.5) is 0 Å². The van der Waals surface area contributed by atoms with Gasteiger partial charge in [0.2, 0.25) is 0 Å². The highest BCUT2D eigenvalue weighted by Crippen LogP contribution is 2.32. The molecule has 138 valence electrons. The number of methoxy groups -OCH3 is 1. The SMILES string of the molecule is COc1ccccc1-c1cccc([C@H]2CCCN(C3CCOCC3)C2)n1. The molecule has 2 saturated heterocycles. The monoisotopic (exact) mass is 352 g/mol. The van der Waals surface area contributed by atoms with Crippen molar-refractivity contribution in [3.8, 4) is 17.0 Å². The topological polar surface area (TPSA) is 34.6 Å². The number of aromatic nitrogens is 1. The van der Waals surface area contributed by atoms with Gasteiger partial charge in [-0.2, -0.15) is 0 Å². The van der Waals surface area contributed by atoms with Gasteiger partial charge in [-0.15, -0.1) is 0 Å². The van der Waals surface area contributed by atoms with Crippen molar-refractivity contribution >= 4 is 0 Å². The molecule has 4 rings (SSSR count). The molecule has 0 radical (unpaired) electrons. The van der Waals surface area contributed by atoms with Crippen LogP contribution in [0.15, 0.2) is 42.5 Å². The Morgan fingerprint density at radius 2 is 1.88 bits per heavy atom. The van der Waals surface area contributed by atoms with Crippen LogP contribution in [0.1, 0.15) is 37.3 Å². The molecule has 0 aliphatic carbocycles. The fourth-order valence-corrected chi connectivity index (χ4v) is 4.31. The second-order valence-corrected chi connectivity index (χ2v) is 7.33. The second-order valence-electron chi connectivity index (χ2n) is 7.33. The zero-order chi connectivity index (χ0) is 17.8. The Labute approximate surface area is 156 Å². The summed E-state index contributed by atoms with van der Waals surface area (Å²) in [5.74, 6) is 1.39. The van der Waals surface area contributed by atoms with E-state index in [-0.39, 0.29) is 0 Å². The molecular weight excluding hydrogens is 324 g/mol. The molecule has 0 spiro atoms. The lowest BCUT2D eigenvalue weighted by Crippen LogP contribution is -2.44. The first-order valence-corrected chi connectivity index (χ1v) is 9.77. The maximum absolute atomic E-state index is 5.54. The van der Waals surface area contributed by atoms with Crippen molar-refractivity contribution in [2.24, 2.45) is 0 Å². The molecule has 3 heterocycles. The average molecular weight is 352 g/mol. The average Bonchev–Trinajstić information content (AvgIpc) is 2.74. The zero-order valence-electron chi connectivity index (χ0n) is 15.6. The van der Waals surface area contributed by atoms with E-state index >= 15 is 0 Å². The molecule has 1 atom stereocenters. The summed E-state index contributed by atoms with van der Waals surface area (Å²) in [5.41, 5.74) is 3.28. The molecule has 4 heteroatoms. The quantitative estimate of drug-likeness (QED) is 0.829. The Morgan fingerprint density at radius 1 is 1.04 bits per heavy atom. The Hall–Kier alpha value is -1.91. The summed E-state index contributed by atoms with van der Waals surface area (Å²) < 4.78 is 11.1. The van der Waals surface area contributed by atoms with Crippen molar-refractivity contribution in [1.29, 1.82) is 0 Å². The number of rotatable bonds is 4. The van der Waals surface area contributed by atoms with E-state index in [1.165, 1.54) is 37.9 Å². The summed E-state index contributed by atoms with van der Waals surface area (Å²) in [5, 5.41) is 0. The van der Waals surface area contributed by atoms with Gasteiger partial charge in [-0.05, 0) is 56.5 Å². The number of pyridine rings is 1. The molecule has 4 nitrogen and oxygen atoms in total. The van der Waals surface area contributed by atoms with Gasteiger partial charge in [0.1, 0.15) is 5.75 Å². The van der Waals surface area contributed by atoms with Crippen LogP contribution in [-0.2, 0) is 4.74 Å². The molecule has 26 heavy (non-hydrogen) atoms. The Balaban J connectivity index is 1.54. The molecule has 2 fully saturated rings. The third-order valence-electron chi connectivity index (χ3n) is 5.73. The van der Waals surface area contributed by atoms with Crippen molar-refractivity contribution in [2.75, 3.05) is 33.4 Å². The minimum Gasteiger partial charge on any atom is -0.496 e. The van der Waals surface area contributed by atoms with Crippen LogP contribution in [0.5, 0.6) is 5.75 Å². The predicted octanol–water partition coefficient (Wildman–Crippen LogP) is 4.12. The summed E-state index contributed by atoms with van der Waals surface area (Å²) in [6.07, 6.45) is 4.81. The molecule has 0 N–H and O–H groups in total. The van der Waals surface area contributed by atoms with Crippen LogP contribution in [0, 0.1) is 0 Å². The summed E-state index contributed by atoms with van der Waals surface area (Å²) in [6.45, 7) is 4.15. The van der Waals surface area contributed by atoms with E-state index in [9.17, 15) is 0 Å². The maximum Gasteiger partial charge on any atom is 0.128 e. The van der Waals surface area contributed by atoms with Gasteiger partial charge in [0, 0.05) is 43.0 Å². The van der Waals surface area contributed by atoms with Gasteiger partial charge in [-0.25, -0.2) is 0 Å². The third kappa shape index (κ3) is 3.76. The number of likely N-dealkylation sites (tertiary alicyclic amines) is 1. The summed E-state index contributed by atoms with van der Waals surface area (Å²) in [7, 11) is 1.72. The van der Waals surface area contributed by atoms with Gasteiger partial charge in [0.05, 0.1) is 12.8 Å². The summed E-state index contributed by atoms with van der Waals surface area (Å²) >= 11 is 0. The summed E-state index contributed by atoms with van der Waals surface area (Å²) in [4.78, 5) is 7.70. The number of nitrogens with zero attached hydrogens (tertiary/aromatic N) is 2. The molecular formula is C22H28N2O2. The van der Waals surface area contributed by atoms with Crippen LogP contribution in [-0.4, -0.2) is 49.3 Å². The van der Waals surface area contributed by atoms with E-state index in [4.69, 9.17) is 14.5 Å². The second kappa shape index (κ2) is 8.19. The van der Waals surface area contributed by atoms with E-state index in [0.29, 0.717) is 12.0 Å². The summed E-state index contributed by atoms with van der Waals surface area (Å²) in [6, 6.07) is 15.2. The van der Waals surface area contributed by atoms with Gasteiger partial charge in [-0.1, -0.05) is 18.2 Å². The Morgan fingerprint density at radius 3 is 2.73 bits per heavy atom. The molecule has 0 saturated carbocycles. The van der Waals surface area contributed by atoms with Gasteiger partial charge in [-0.3, -0.25) is 9.88 Å². The number of hydrogen-bond acceptors (Lipinski definition) is 4. The molecule has 1 aromatic heterocycles. The number of piperidine rings is 1. The maximum atomic E-state index is 5.54. The zero-order valence-corrected chi connectivity index (χ0v) is 15.6. The number of ether oxygens (including phenoxy) is 2. The van der Waals surface area contributed by atoms with E-state index in [0.717, 1.165) is 36.8 Å². The number of hydrogen-bond donors (Lipinski definition) is 0. The molecule has 0 amide bonds. The van der Waals surface area contributed by atoms with E-state index in [2.05, 4.69) is 29.2 Å². The predicted molar refractivity (Wildman–Crippen MR) is 104 cm³/mol. The van der Waals surface area contributed by atoms with Crippen LogP contribution in [0.25, 0.3) is 11.3 Å². The van der Waals surface area contributed by atoms with Crippen molar-refractivity contribution in [2.45, 2.75) is 37.6 Å². The molecule has 2 aromatic rings. The van der Waals surface area contributed by atoms with Gasteiger partial charge >= 0.3 is 0 Å². The fourth-order valence-electron chi connectivity index (χ4n) is 4.31. The number of benzene rings is 1. The standard InChI is InChI=1S/C22H28N2O2/c1-25-22-10-3-2-7-19(22)21-9-4-8-20(23-21)17-6-5-13-24(16-17)18-11-14-26-15-12-18/h2-4,7-10,17-18H,5-6,11-16H2,1H3/t17-/m0/s1. The number of para-hydroxylation sites is 1. The highest BCUT2D eigenvalue weighted by atomic mass is 16.5. The van der Waals surface area contributed by atoms with Crippen molar-refractivity contribution in [3.05, 3.63) is 48.2 Å². The largest absolute Gasteiger partial charge is 0.496 e. The Kier molecular flexibility index (Phi) is 5.51. The van der Waals surface area contributed by atoms with Crippen LogP contribution in [0.2, 0.25) is 0 Å². The molecule has 2 aliphatic rings. The van der Waals surface area contributed by atoms with Crippen LogP contribution >= 0.6 is 0 Å². The lowest BCUT2D eigenvalue weighted by Gasteiger charge is -2.39. The van der Waals surface area contributed by atoms with E-state index in [1.807, 2.05) is 18.2 Å². The highest BCUT2D eigenvalue weighted by Gasteiger charge is 2.28. The molecule has 2 aliphatic heterocycles. The van der Waals surface area contributed by atoms with Gasteiger partial charge in [0.25, 0.3) is 0 Å². The smallest absolute Gasteiger partial charge is 0.128 e. The third-order valence-corrected chi connectivity index (χ3v) is 5.73. The lowest BCUT2D eigenvalue weighted by molar-refractivity contribution is 0.0238. The van der Waals surface area contributed by atoms with Crippen molar-refractivity contribution in [1.82, 2.24) is 9.88 Å². The highest BCUT2D eigenvalue weighted by molar-refractivity contribution is 5.67. The molecule has 0 unspecified atom stereocenters. The first kappa shape index (κ1) is 17.5. The lowest BCUT2D eigenvalue weighted by atomic mass is 9.91. The van der Waals surface area contributed by atoms with Gasteiger partial charge < -0.3 is 9.47 Å². The normalized spacial score (nSPS) is 22.3. The molecule has 1 aromatic carbocycles. The Bertz CT molecular complexity index is 728. The van der Waals surface area contributed by atoms with E-state index in [1.54, 1.807) is 7.11 Å². The van der Waals surface area contributed by atoms with Crippen molar-refractivity contribution < 1.29 is 9.47 Å². The minimum atomic E-state index is 0.515. The van der Waals surface area contributed by atoms with Crippen LogP contribution < -0.4 is 4.74 Å². The van der Waals surface area contributed by atoms with Crippen molar-refractivity contribution in [3.63, 3.8) is 0 Å². The van der Waals surface area contributed by atoms with Gasteiger partial charge in [0.15, 0.2) is 0 Å². The van der Waals surface area contributed by atoms with Crippen LogP contribution in [0.3, 0.4) is 0 Å². The molecule has 0 bridgehead atoms. The minimum absolute atomic E-state index is 0.515. The first-order valence-electron chi connectivity index (χ1n) is 9.77. The fraction of sp³-hybridized carbons (Fsp3) is 0.500. The first-order chi connectivity index (χ1) is 12.8.